The summed E-state index contributed by atoms with van der Waals surface area (Å²) in [5.41, 5.74) is 0.806. The van der Waals surface area contributed by atoms with Gasteiger partial charge in [0.2, 0.25) is 0 Å². The van der Waals surface area contributed by atoms with Gasteiger partial charge in [-0.3, -0.25) is 4.79 Å². The molecule has 1 aromatic rings. The zero-order valence-corrected chi connectivity index (χ0v) is 10.0. The summed E-state index contributed by atoms with van der Waals surface area (Å²) in [6, 6.07) is 3.41. The highest BCUT2D eigenvalue weighted by molar-refractivity contribution is 6.32. The topological polar surface area (TPSA) is 42.0 Å². The van der Waals surface area contributed by atoms with Crippen molar-refractivity contribution < 1.29 is 4.79 Å². The molecule has 1 fully saturated rings. The van der Waals surface area contributed by atoms with Gasteiger partial charge < -0.3 is 5.32 Å². The summed E-state index contributed by atoms with van der Waals surface area (Å²) in [5.74, 6) is -0.127. The second kappa shape index (κ2) is 4.42. The molecule has 1 N–H and O–H groups in total. The van der Waals surface area contributed by atoms with Crippen LogP contribution in [0.2, 0.25) is 5.15 Å². The second-order valence-corrected chi connectivity index (χ2v) is 4.74. The molecular formula is C12H15ClN2O. The van der Waals surface area contributed by atoms with Crippen molar-refractivity contribution in [2.75, 3.05) is 6.54 Å². The third-order valence-corrected chi connectivity index (χ3v) is 3.64. The maximum atomic E-state index is 11.8. The van der Waals surface area contributed by atoms with Crippen LogP contribution in [0.3, 0.4) is 0 Å². The molecule has 0 spiro atoms. The maximum Gasteiger partial charge on any atom is 0.254 e. The molecule has 0 radical (unpaired) electrons. The number of halogens is 1. The summed E-state index contributed by atoms with van der Waals surface area (Å²) in [6.07, 6.45) is 5.12. The molecule has 2 rings (SSSR count). The number of rotatable bonds is 4. The highest BCUT2D eigenvalue weighted by atomic mass is 35.5. The van der Waals surface area contributed by atoms with Crippen LogP contribution in [0, 0.1) is 5.41 Å². The number of amides is 1. The van der Waals surface area contributed by atoms with E-state index in [-0.39, 0.29) is 11.1 Å². The van der Waals surface area contributed by atoms with Crippen LogP contribution in [0.25, 0.3) is 0 Å². The van der Waals surface area contributed by atoms with Crippen LogP contribution >= 0.6 is 11.6 Å². The van der Waals surface area contributed by atoms with Crippen LogP contribution in [0.5, 0.6) is 0 Å². The summed E-state index contributed by atoms with van der Waals surface area (Å²) in [7, 11) is 0. The lowest BCUT2D eigenvalue weighted by Gasteiger charge is -2.13. The first-order chi connectivity index (χ1) is 7.67. The lowest BCUT2D eigenvalue weighted by Crippen LogP contribution is -2.30. The number of nitrogens with one attached hydrogen (secondary N) is 1. The molecule has 86 valence electrons. The van der Waals surface area contributed by atoms with Crippen LogP contribution in [-0.4, -0.2) is 17.4 Å². The van der Waals surface area contributed by atoms with E-state index < -0.39 is 0 Å². The number of pyridine rings is 1. The minimum Gasteiger partial charge on any atom is -0.351 e. The summed E-state index contributed by atoms with van der Waals surface area (Å²) < 4.78 is 0. The van der Waals surface area contributed by atoms with Gasteiger partial charge in [0.15, 0.2) is 0 Å². The monoisotopic (exact) mass is 238 g/mol. The van der Waals surface area contributed by atoms with E-state index in [1.54, 1.807) is 18.3 Å². The molecule has 1 aliphatic rings. The van der Waals surface area contributed by atoms with E-state index in [9.17, 15) is 4.79 Å². The molecule has 16 heavy (non-hydrogen) atoms. The smallest absolute Gasteiger partial charge is 0.254 e. The molecule has 0 unspecified atom stereocenters. The van der Waals surface area contributed by atoms with Gasteiger partial charge in [-0.25, -0.2) is 4.98 Å². The molecule has 0 aromatic carbocycles. The van der Waals surface area contributed by atoms with Crippen LogP contribution in [0.15, 0.2) is 18.3 Å². The summed E-state index contributed by atoms with van der Waals surface area (Å²) in [4.78, 5) is 15.7. The number of carbonyl (C=O) groups is 1. The van der Waals surface area contributed by atoms with Crippen molar-refractivity contribution in [3.63, 3.8) is 0 Å². The molecule has 1 aromatic heterocycles. The van der Waals surface area contributed by atoms with Gasteiger partial charge in [0, 0.05) is 12.7 Å². The minimum atomic E-state index is -0.127. The zero-order chi connectivity index (χ0) is 11.6. The first-order valence-electron chi connectivity index (χ1n) is 5.56. The number of aromatic nitrogens is 1. The van der Waals surface area contributed by atoms with Crippen molar-refractivity contribution >= 4 is 17.5 Å². The molecule has 0 atom stereocenters. The van der Waals surface area contributed by atoms with Crippen LogP contribution in [0.1, 0.15) is 36.5 Å². The van der Waals surface area contributed by atoms with E-state index in [0.29, 0.717) is 11.0 Å². The van der Waals surface area contributed by atoms with E-state index in [1.165, 1.54) is 12.8 Å². The third kappa shape index (κ3) is 2.35. The van der Waals surface area contributed by atoms with Gasteiger partial charge in [-0.1, -0.05) is 18.5 Å². The Morgan fingerprint density at radius 1 is 1.62 bits per heavy atom. The summed E-state index contributed by atoms with van der Waals surface area (Å²) in [5, 5.41) is 3.20. The Morgan fingerprint density at radius 3 is 2.94 bits per heavy atom. The van der Waals surface area contributed by atoms with Crippen LogP contribution in [0.4, 0.5) is 0 Å². The standard InChI is InChI=1S/C12H15ClN2O/c1-2-12(5-6-12)8-15-11(16)9-4-3-7-14-10(9)13/h3-4,7H,2,5-6,8H2,1H3,(H,15,16). The minimum absolute atomic E-state index is 0.127. The predicted molar refractivity (Wildman–Crippen MR) is 63.5 cm³/mol. The number of hydrogen-bond donors (Lipinski definition) is 1. The van der Waals surface area contributed by atoms with Crippen molar-refractivity contribution in [2.24, 2.45) is 5.41 Å². The normalized spacial score (nSPS) is 16.9. The predicted octanol–water partition coefficient (Wildman–Crippen LogP) is 2.66. The van der Waals surface area contributed by atoms with Crippen LogP contribution < -0.4 is 5.32 Å². The SMILES string of the molecule is CCC1(CNC(=O)c2cccnc2Cl)CC1. The molecule has 1 saturated carbocycles. The van der Waals surface area contributed by atoms with Gasteiger partial charge in [-0.2, -0.15) is 0 Å². The fraction of sp³-hybridized carbons (Fsp3) is 0.500. The fourth-order valence-electron chi connectivity index (χ4n) is 1.75. The fourth-order valence-corrected chi connectivity index (χ4v) is 1.96. The van der Waals surface area contributed by atoms with Crippen LogP contribution in [-0.2, 0) is 0 Å². The lowest BCUT2D eigenvalue weighted by atomic mass is 10.0. The zero-order valence-electron chi connectivity index (χ0n) is 9.29. The lowest BCUT2D eigenvalue weighted by molar-refractivity contribution is 0.0944. The maximum absolute atomic E-state index is 11.8. The summed E-state index contributed by atoms with van der Waals surface area (Å²) in [6.45, 7) is 2.91. The molecule has 3 nitrogen and oxygen atoms in total. The first-order valence-corrected chi connectivity index (χ1v) is 5.93. The largest absolute Gasteiger partial charge is 0.351 e. The quantitative estimate of drug-likeness (QED) is 0.820. The highest BCUT2D eigenvalue weighted by Crippen LogP contribution is 2.47. The van der Waals surface area contributed by atoms with Gasteiger partial charge in [0.1, 0.15) is 5.15 Å². The van der Waals surface area contributed by atoms with Crippen molar-refractivity contribution in [1.82, 2.24) is 10.3 Å². The molecule has 1 aliphatic carbocycles. The van der Waals surface area contributed by atoms with E-state index >= 15 is 0 Å². The van der Waals surface area contributed by atoms with Gasteiger partial charge >= 0.3 is 0 Å². The average molecular weight is 239 g/mol. The molecule has 0 aliphatic heterocycles. The van der Waals surface area contributed by atoms with E-state index in [1.807, 2.05) is 0 Å². The molecule has 1 amide bonds. The molecule has 0 bridgehead atoms. The Hall–Kier alpha value is -1.09. The summed E-state index contributed by atoms with van der Waals surface area (Å²) >= 11 is 5.85. The third-order valence-electron chi connectivity index (χ3n) is 3.33. The number of nitrogens with zero attached hydrogens (tertiary/aromatic N) is 1. The Morgan fingerprint density at radius 2 is 2.38 bits per heavy atom. The van der Waals surface area contributed by atoms with Crippen molar-refractivity contribution in [2.45, 2.75) is 26.2 Å². The van der Waals surface area contributed by atoms with Gasteiger partial charge in [-0.15, -0.1) is 0 Å². The van der Waals surface area contributed by atoms with Gasteiger partial charge in [0.25, 0.3) is 5.91 Å². The Balaban J connectivity index is 1.96. The Bertz CT molecular complexity index is 402. The van der Waals surface area contributed by atoms with Crippen molar-refractivity contribution in [3.8, 4) is 0 Å². The molecule has 1 heterocycles. The van der Waals surface area contributed by atoms with Gasteiger partial charge in [0.05, 0.1) is 5.56 Å². The average Bonchev–Trinajstić information content (AvgIpc) is 3.07. The second-order valence-electron chi connectivity index (χ2n) is 4.38. The van der Waals surface area contributed by atoms with E-state index in [0.717, 1.165) is 13.0 Å². The Labute approximate surface area is 100 Å². The van der Waals surface area contributed by atoms with Crippen molar-refractivity contribution in [3.05, 3.63) is 29.0 Å². The van der Waals surface area contributed by atoms with Gasteiger partial charge in [-0.05, 0) is 36.8 Å². The van der Waals surface area contributed by atoms with E-state index in [2.05, 4.69) is 17.2 Å². The molecule has 0 saturated heterocycles. The number of hydrogen-bond acceptors (Lipinski definition) is 2. The van der Waals surface area contributed by atoms with Crippen molar-refractivity contribution in [1.29, 1.82) is 0 Å². The van der Waals surface area contributed by atoms with E-state index in [4.69, 9.17) is 11.6 Å². The highest BCUT2D eigenvalue weighted by Gasteiger charge is 2.40. The molecule has 4 heteroatoms. The number of carbonyl (C=O) groups excluding carboxylic acids is 1. The molecular weight excluding hydrogens is 224 g/mol. The first kappa shape index (κ1) is 11.4. The Kier molecular flexibility index (Phi) is 3.15.